The van der Waals surface area contributed by atoms with Crippen LogP contribution in [0.1, 0.15) is 23.6 Å². The van der Waals surface area contributed by atoms with Crippen molar-refractivity contribution in [3.05, 3.63) is 59.7 Å². The van der Waals surface area contributed by atoms with Crippen molar-refractivity contribution in [3.63, 3.8) is 0 Å². The number of fused-ring (bicyclic) bond motifs is 1. The number of hydrogen-bond donors (Lipinski definition) is 1. The fourth-order valence-electron chi connectivity index (χ4n) is 2.86. The monoisotopic (exact) mass is 268 g/mol. The molecule has 104 valence electrons. The van der Waals surface area contributed by atoms with Crippen LogP contribution >= 0.6 is 0 Å². The maximum absolute atomic E-state index is 6.21. The molecule has 1 unspecified atom stereocenters. The van der Waals surface area contributed by atoms with Crippen LogP contribution in [-0.2, 0) is 6.54 Å². The van der Waals surface area contributed by atoms with Crippen LogP contribution in [0.4, 0.5) is 5.69 Å². The molecule has 3 rings (SSSR count). The second-order valence-corrected chi connectivity index (χ2v) is 5.19. The van der Waals surface area contributed by atoms with Gasteiger partial charge in [-0.1, -0.05) is 36.4 Å². The van der Waals surface area contributed by atoms with Gasteiger partial charge < -0.3 is 15.4 Å². The molecule has 3 nitrogen and oxygen atoms in total. The summed E-state index contributed by atoms with van der Waals surface area (Å²) in [6.07, 6.45) is 0.992. The predicted molar refractivity (Wildman–Crippen MR) is 82.0 cm³/mol. The third-order valence-corrected chi connectivity index (χ3v) is 3.94. The second-order valence-electron chi connectivity index (χ2n) is 5.19. The summed E-state index contributed by atoms with van der Waals surface area (Å²) >= 11 is 0. The van der Waals surface area contributed by atoms with Crippen molar-refractivity contribution < 1.29 is 4.74 Å². The van der Waals surface area contributed by atoms with Gasteiger partial charge in [-0.3, -0.25) is 0 Å². The molecule has 1 aliphatic rings. The SMILES string of the molecule is COc1ccccc1CN1CCC(N)c2ccccc21. The van der Waals surface area contributed by atoms with Gasteiger partial charge in [0.1, 0.15) is 5.75 Å². The minimum absolute atomic E-state index is 0.153. The first-order valence-electron chi connectivity index (χ1n) is 7.01. The van der Waals surface area contributed by atoms with Crippen LogP contribution in [0.5, 0.6) is 5.75 Å². The normalized spacial score (nSPS) is 17.7. The summed E-state index contributed by atoms with van der Waals surface area (Å²) in [5.74, 6) is 0.944. The molecule has 1 atom stereocenters. The standard InChI is InChI=1S/C17H20N2O/c1-20-17-9-5-2-6-13(17)12-19-11-10-15(18)14-7-3-4-8-16(14)19/h2-9,15H,10-12,18H2,1H3. The molecule has 1 heterocycles. The molecule has 0 amide bonds. The Morgan fingerprint density at radius 1 is 1.15 bits per heavy atom. The Morgan fingerprint density at radius 3 is 2.75 bits per heavy atom. The van der Waals surface area contributed by atoms with E-state index >= 15 is 0 Å². The topological polar surface area (TPSA) is 38.5 Å². The lowest BCUT2D eigenvalue weighted by atomic mass is 9.96. The van der Waals surface area contributed by atoms with Gasteiger partial charge in [-0.05, 0) is 24.1 Å². The second kappa shape index (κ2) is 5.55. The maximum Gasteiger partial charge on any atom is 0.123 e. The van der Waals surface area contributed by atoms with E-state index in [0.29, 0.717) is 0 Å². The summed E-state index contributed by atoms with van der Waals surface area (Å²) in [5, 5.41) is 0. The molecular formula is C17H20N2O. The lowest BCUT2D eigenvalue weighted by molar-refractivity contribution is 0.408. The van der Waals surface area contributed by atoms with E-state index in [2.05, 4.69) is 41.3 Å². The summed E-state index contributed by atoms with van der Waals surface area (Å²) in [6, 6.07) is 16.8. The van der Waals surface area contributed by atoms with Gasteiger partial charge in [-0.2, -0.15) is 0 Å². The van der Waals surface area contributed by atoms with Crippen molar-refractivity contribution in [1.82, 2.24) is 0 Å². The van der Waals surface area contributed by atoms with Gasteiger partial charge in [-0.25, -0.2) is 0 Å². The van der Waals surface area contributed by atoms with Gasteiger partial charge in [-0.15, -0.1) is 0 Å². The lowest BCUT2D eigenvalue weighted by Crippen LogP contribution is -2.33. The van der Waals surface area contributed by atoms with Crippen molar-refractivity contribution in [2.24, 2.45) is 5.73 Å². The Labute approximate surface area is 120 Å². The molecule has 0 aliphatic carbocycles. The van der Waals surface area contributed by atoms with Crippen LogP contribution in [0.2, 0.25) is 0 Å². The molecule has 0 fully saturated rings. The first kappa shape index (κ1) is 13.0. The van der Waals surface area contributed by atoms with Gasteiger partial charge in [0.05, 0.1) is 7.11 Å². The van der Waals surface area contributed by atoms with E-state index in [-0.39, 0.29) is 6.04 Å². The molecule has 2 N–H and O–H groups in total. The Balaban J connectivity index is 1.91. The lowest BCUT2D eigenvalue weighted by Gasteiger charge is -2.34. The number of ether oxygens (including phenoxy) is 1. The van der Waals surface area contributed by atoms with E-state index in [4.69, 9.17) is 10.5 Å². The highest BCUT2D eigenvalue weighted by atomic mass is 16.5. The first-order valence-corrected chi connectivity index (χ1v) is 7.01. The number of benzene rings is 2. The minimum atomic E-state index is 0.153. The van der Waals surface area contributed by atoms with Gasteiger partial charge in [0.2, 0.25) is 0 Å². The van der Waals surface area contributed by atoms with Crippen LogP contribution < -0.4 is 15.4 Å². The molecule has 0 spiro atoms. The Morgan fingerprint density at radius 2 is 1.90 bits per heavy atom. The van der Waals surface area contributed by atoms with Crippen LogP contribution in [0.3, 0.4) is 0 Å². The van der Waals surface area contributed by atoms with Crippen molar-refractivity contribution >= 4 is 5.69 Å². The summed E-state index contributed by atoms with van der Waals surface area (Å²) in [7, 11) is 1.72. The van der Waals surface area contributed by atoms with Crippen molar-refractivity contribution in [1.29, 1.82) is 0 Å². The Bertz CT molecular complexity index is 597. The molecule has 20 heavy (non-hydrogen) atoms. The zero-order valence-corrected chi connectivity index (χ0v) is 11.8. The number of nitrogens with two attached hydrogens (primary N) is 1. The van der Waals surface area contributed by atoms with Crippen LogP contribution in [0.25, 0.3) is 0 Å². The number of methoxy groups -OCH3 is 1. The van der Waals surface area contributed by atoms with Gasteiger partial charge in [0.25, 0.3) is 0 Å². The van der Waals surface area contributed by atoms with Crippen LogP contribution in [-0.4, -0.2) is 13.7 Å². The summed E-state index contributed by atoms with van der Waals surface area (Å²) in [4.78, 5) is 2.39. The molecule has 0 aromatic heterocycles. The van der Waals surface area contributed by atoms with E-state index in [0.717, 1.165) is 25.3 Å². The molecule has 0 saturated heterocycles. The third kappa shape index (κ3) is 2.37. The average Bonchev–Trinajstić information content (AvgIpc) is 2.51. The van der Waals surface area contributed by atoms with Crippen molar-refractivity contribution in [2.45, 2.75) is 19.0 Å². The zero-order valence-electron chi connectivity index (χ0n) is 11.8. The highest BCUT2D eigenvalue weighted by Crippen LogP contribution is 2.34. The minimum Gasteiger partial charge on any atom is -0.496 e. The summed E-state index contributed by atoms with van der Waals surface area (Å²) < 4.78 is 5.44. The van der Waals surface area contributed by atoms with E-state index in [9.17, 15) is 0 Å². The summed E-state index contributed by atoms with van der Waals surface area (Å²) in [5.41, 5.74) is 9.91. The third-order valence-electron chi connectivity index (χ3n) is 3.94. The van der Waals surface area contributed by atoms with Gasteiger partial charge in [0, 0.05) is 30.4 Å². The largest absolute Gasteiger partial charge is 0.496 e. The number of rotatable bonds is 3. The number of anilines is 1. The molecule has 2 aromatic rings. The highest BCUT2D eigenvalue weighted by Gasteiger charge is 2.22. The molecule has 0 bridgehead atoms. The molecule has 1 aliphatic heterocycles. The quantitative estimate of drug-likeness (QED) is 0.929. The number of nitrogens with zero attached hydrogens (tertiary/aromatic N) is 1. The highest BCUT2D eigenvalue weighted by molar-refractivity contribution is 5.57. The molecule has 2 aromatic carbocycles. The van der Waals surface area contributed by atoms with Crippen molar-refractivity contribution in [3.8, 4) is 5.75 Å². The average molecular weight is 268 g/mol. The van der Waals surface area contributed by atoms with E-state index < -0.39 is 0 Å². The maximum atomic E-state index is 6.21. The smallest absolute Gasteiger partial charge is 0.123 e. The number of hydrogen-bond acceptors (Lipinski definition) is 3. The molecule has 3 heteroatoms. The van der Waals surface area contributed by atoms with E-state index in [1.54, 1.807) is 7.11 Å². The first-order chi connectivity index (χ1) is 9.79. The van der Waals surface area contributed by atoms with Gasteiger partial charge in [0.15, 0.2) is 0 Å². The fourth-order valence-corrected chi connectivity index (χ4v) is 2.86. The predicted octanol–water partition coefficient (Wildman–Crippen LogP) is 3.11. The molecule has 0 radical (unpaired) electrons. The fraction of sp³-hybridized carbons (Fsp3) is 0.294. The zero-order chi connectivity index (χ0) is 13.9. The number of para-hydroxylation sites is 2. The van der Waals surface area contributed by atoms with E-state index in [1.807, 2.05) is 12.1 Å². The van der Waals surface area contributed by atoms with Crippen LogP contribution in [0, 0.1) is 0 Å². The Hall–Kier alpha value is -2.00. The van der Waals surface area contributed by atoms with Gasteiger partial charge >= 0.3 is 0 Å². The Kier molecular flexibility index (Phi) is 3.61. The molecular weight excluding hydrogens is 248 g/mol. The van der Waals surface area contributed by atoms with Crippen LogP contribution in [0.15, 0.2) is 48.5 Å². The van der Waals surface area contributed by atoms with E-state index in [1.165, 1.54) is 16.8 Å². The van der Waals surface area contributed by atoms with Crippen molar-refractivity contribution in [2.75, 3.05) is 18.6 Å². The summed E-state index contributed by atoms with van der Waals surface area (Å²) in [6.45, 7) is 1.84. The molecule has 0 saturated carbocycles.